The molecular weight excluding hydrogens is 379 g/mol. The average Bonchev–Trinajstić information content (AvgIpc) is 2.74. The SMILES string of the molecule is CC(C)(Nc1nc(-c2ccc(C=O)c(F)c2)ccc1N)c1ccc2ncccc2c1. The Balaban J connectivity index is 1.68. The van der Waals surface area contributed by atoms with Gasteiger partial charge < -0.3 is 11.1 Å². The predicted molar refractivity (Wildman–Crippen MR) is 118 cm³/mol. The quantitative estimate of drug-likeness (QED) is 0.451. The third-order valence-electron chi connectivity index (χ3n) is 5.11. The molecular formula is C24H21FN4O. The van der Waals surface area contributed by atoms with Crippen molar-refractivity contribution in [3.63, 3.8) is 0 Å². The number of fused-ring (bicyclic) bond motifs is 1. The van der Waals surface area contributed by atoms with Gasteiger partial charge in [-0.05, 0) is 61.9 Å². The number of pyridine rings is 2. The molecule has 4 aromatic rings. The highest BCUT2D eigenvalue weighted by molar-refractivity contribution is 5.80. The molecule has 2 aromatic carbocycles. The van der Waals surface area contributed by atoms with Crippen molar-refractivity contribution in [1.29, 1.82) is 0 Å². The van der Waals surface area contributed by atoms with Crippen molar-refractivity contribution in [3.8, 4) is 11.3 Å². The Kier molecular flexibility index (Phi) is 4.91. The number of carbonyl (C=O) groups is 1. The summed E-state index contributed by atoms with van der Waals surface area (Å²) < 4.78 is 14.0. The summed E-state index contributed by atoms with van der Waals surface area (Å²) in [7, 11) is 0. The van der Waals surface area contributed by atoms with Gasteiger partial charge in [-0.2, -0.15) is 0 Å². The summed E-state index contributed by atoms with van der Waals surface area (Å²) in [4.78, 5) is 19.8. The van der Waals surface area contributed by atoms with E-state index in [0.717, 1.165) is 16.5 Å². The second-order valence-electron chi connectivity index (χ2n) is 7.65. The minimum atomic E-state index is -0.583. The Morgan fingerprint density at radius 1 is 1.07 bits per heavy atom. The van der Waals surface area contributed by atoms with Crippen molar-refractivity contribution in [2.45, 2.75) is 19.4 Å². The van der Waals surface area contributed by atoms with Gasteiger partial charge >= 0.3 is 0 Å². The predicted octanol–water partition coefficient (Wildman–Crippen LogP) is 5.18. The summed E-state index contributed by atoms with van der Waals surface area (Å²) in [6.07, 6.45) is 2.26. The van der Waals surface area contributed by atoms with Crippen LogP contribution in [0.15, 0.2) is 66.9 Å². The molecule has 3 N–H and O–H groups in total. The number of aromatic nitrogens is 2. The van der Waals surface area contributed by atoms with E-state index in [-0.39, 0.29) is 5.56 Å². The van der Waals surface area contributed by atoms with Crippen molar-refractivity contribution in [1.82, 2.24) is 9.97 Å². The molecule has 0 bridgehead atoms. The summed E-state index contributed by atoms with van der Waals surface area (Å²) in [6.45, 7) is 4.08. The Labute approximate surface area is 173 Å². The maximum Gasteiger partial charge on any atom is 0.152 e. The Hall–Kier alpha value is -3.80. The van der Waals surface area contributed by atoms with E-state index in [0.29, 0.717) is 29.0 Å². The molecule has 0 amide bonds. The first kappa shape index (κ1) is 19.5. The highest BCUT2D eigenvalue weighted by Crippen LogP contribution is 2.31. The fourth-order valence-corrected chi connectivity index (χ4v) is 3.35. The molecule has 30 heavy (non-hydrogen) atoms. The number of carbonyl (C=O) groups excluding carboxylic acids is 1. The van der Waals surface area contributed by atoms with Crippen LogP contribution in [0.4, 0.5) is 15.9 Å². The van der Waals surface area contributed by atoms with Crippen LogP contribution in [-0.2, 0) is 5.54 Å². The second kappa shape index (κ2) is 7.55. The molecule has 0 atom stereocenters. The molecule has 0 radical (unpaired) electrons. The van der Waals surface area contributed by atoms with Crippen LogP contribution in [-0.4, -0.2) is 16.3 Å². The lowest BCUT2D eigenvalue weighted by molar-refractivity contribution is 0.112. The number of halogens is 1. The number of hydrogen-bond acceptors (Lipinski definition) is 5. The van der Waals surface area contributed by atoms with Crippen LogP contribution < -0.4 is 11.1 Å². The minimum absolute atomic E-state index is 0.0134. The van der Waals surface area contributed by atoms with Crippen molar-refractivity contribution in [2.75, 3.05) is 11.1 Å². The van der Waals surface area contributed by atoms with Gasteiger partial charge in [0.25, 0.3) is 0 Å². The van der Waals surface area contributed by atoms with Gasteiger partial charge in [-0.25, -0.2) is 9.37 Å². The molecule has 0 unspecified atom stereocenters. The normalized spacial score (nSPS) is 11.4. The Morgan fingerprint density at radius 3 is 2.67 bits per heavy atom. The maximum absolute atomic E-state index is 14.0. The van der Waals surface area contributed by atoms with Crippen LogP contribution in [0.25, 0.3) is 22.2 Å². The van der Waals surface area contributed by atoms with Crippen molar-refractivity contribution in [2.24, 2.45) is 0 Å². The molecule has 2 heterocycles. The number of nitrogens with zero attached hydrogens (tertiary/aromatic N) is 2. The third kappa shape index (κ3) is 3.72. The third-order valence-corrected chi connectivity index (χ3v) is 5.11. The lowest BCUT2D eigenvalue weighted by Crippen LogP contribution is -2.29. The van der Waals surface area contributed by atoms with Gasteiger partial charge in [0.15, 0.2) is 12.1 Å². The van der Waals surface area contributed by atoms with Crippen LogP contribution in [0, 0.1) is 5.82 Å². The van der Waals surface area contributed by atoms with E-state index in [4.69, 9.17) is 5.73 Å². The van der Waals surface area contributed by atoms with Gasteiger partial charge in [0.05, 0.1) is 28.0 Å². The van der Waals surface area contributed by atoms with Gasteiger partial charge in [0, 0.05) is 17.1 Å². The van der Waals surface area contributed by atoms with E-state index >= 15 is 0 Å². The number of benzene rings is 2. The molecule has 2 aromatic heterocycles. The van der Waals surface area contributed by atoms with E-state index in [1.54, 1.807) is 24.4 Å². The molecule has 5 nitrogen and oxygen atoms in total. The highest BCUT2D eigenvalue weighted by atomic mass is 19.1. The zero-order chi connectivity index (χ0) is 21.3. The monoisotopic (exact) mass is 400 g/mol. The topological polar surface area (TPSA) is 80.9 Å². The molecule has 0 fully saturated rings. The summed E-state index contributed by atoms with van der Waals surface area (Å²) >= 11 is 0. The zero-order valence-corrected chi connectivity index (χ0v) is 16.7. The fourth-order valence-electron chi connectivity index (χ4n) is 3.35. The van der Waals surface area contributed by atoms with Crippen molar-refractivity contribution in [3.05, 3.63) is 83.8 Å². The Morgan fingerprint density at radius 2 is 1.90 bits per heavy atom. The van der Waals surface area contributed by atoms with Crippen LogP contribution in [0.3, 0.4) is 0 Å². The number of rotatable bonds is 5. The largest absolute Gasteiger partial charge is 0.396 e. The molecule has 6 heteroatoms. The average molecular weight is 400 g/mol. The molecule has 0 aliphatic rings. The zero-order valence-electron chi connectivity index (χ0n) is 16.7. The van der Waals surface area contributed by atoms with Gasteiger partial charge in [-0.15, -0.1) is 0 Å². The fraction of sp³-hybridized carbons (Fsp3) is 0.125. The van der Waals surface area contributed by atoms with E-state index in [9.17, 15) is 9.18 Å². The molecule has 0 aliphatic carbocycles. The number of nitrogens with one attached hydrogen (secondary N) is 1. The second-order valence-corrected chi connectivity index (χ2v) is 7.65. The smallest absolute Gasteiger partial charge is 0.152 e. The van der Waals surface area contributed by atoms with E-state index in [1.165, 1.54) is 12.1 Å². The molecule has 0 saturated heterocycles. The molecule has 4 rings (SSSR count). The van der Waals surface area contributed by atoms with Crippen molar-refractivity contribution < 1.29 is 9.18 Å². The summed E-state index contributed by atoms with van der Waals surface area (Å²) in [6, 6.07) is 17.9. The Bertz CT molecular complexity index is 1250. The van der Waals surface area contributed by atoms with Gasteiger partial charge in [-0.3, -0.25) is 9.78 Å². The minimum Gasteiger partial charge on any atom is -0.396 e. The van der Waals surface area contributed by atoms with Crippen LogP contribution in [0.5, 0.6) is 0 Å². The lowest BCUT2D eigenvalue weighted by Gasteiger charge is -2.28. The highest BCUT2D eigenvalue weighted by Gasteiger charge is 2.22. The van der Waals surface area contributed by atoms with Gasteiger partial charge in [0.1, 0.15) is 5.82 Å². The molecule has 0 saturated carbocycles. The summed E-state index contributed by atoms with van der Waals surface area (Å²) in [5, 5.41) is 4.45. The van der Waals surface area contributed by atoms with Crippen LogP contribution in [0.1, 0.15) is 29.8 Å². The van der Waals surface area contributed by atoms with Crippen LogP contribution >= 0.6 is 0 Å². The first-order valence-electron chi connectivity index (χ1n) is 9.52. The molecule has 0 spiro atoms. The van der Waals surface area contributed by atoms with Crippen LogP contribution in [0.2, 0.25) is 0 Å². The maximum atomic E-state index is 14.0. The van der Waals surface area contributed by atoms with E-state index in [1.807, 2.05) is 38.1 Å². The van der Waals surface area contributed by atoms with Gasteiger partial charge in [0.2, 0.25) is 0 Å². The first-order chi connectivity index (χ1) is 14.4. The number of hydrogen-bond donors (Lipinski definition) is 2. The standard InChI is InChI=1S/C24H21FN4O/c1-24(2,18-7-9-21-15(12-18)4-3-11-27-21)29-23-20(26)8-10-22(28-23)16-5-6-17(14-30)19(25)13-16/h3-14H,26H2,1-2H3,(H,28,29). The number of anilines is 2. The van der Waals surface area contributed by atoms with E-state index in [2.05, 4.69) is 21.4 Å². The van der Waals surface area contributed by atoms with E-state index < -0.39 is 11.4 Å². The van der Waals surface area contributed by atoms with Gasteiger partial charge in [-0.1, -0.05) is 18.2 Å². The summed E-state index contributed by atoms with van der Waals surface area (Å²) in [5.74, 6) is -0.0793. The first-order valence-corrected chi connectivity index (χ1v) is 9.52. The van der Waals surface area contributed by atoms with Crippen molar-refractivity contribution >= 4 is 28.7 Å². The summed E-state index contributed by atoms with van der Waals surface area (Å²) in [5.41, 5.74) is 9.29. The molecule has 150 valence electrons. The number of aldehydes is 1. The number of nitrogen functional groups attached to an aromatic ring is 1. The lowest BCUT2D eigenvalue weighted by atomic mass is 9.93. The number of nitrogens with two attached hydrogens (primary N) is 1. The molecule has 0 aliphatic heterocycles.